The summed E-state index contributed by atoms with van der Waals surface area (Å²) in [7, 11) is 3.13. The van der Waals surface area contributed by atoms with Gasteiger partial charge in [-0.1, -0.05) is 51.5 Å². The van der Waals surface area contributed by atoms with Crippen LogP contribution in [0.5, 0.6) is 11.5 Å². The number of halogens is 1. The molecule has 3 heteroatoms. The highest BCUT2D eigenvalue weighted by Gasteiger charge is 1.99. The number of ether oxygens (including phenoxy) is 2. The second-order valence-corrected chi connectivity index (χ2v) is 4.16. The molecule has 0 atom stereocenters. The van der Waals surface area contributed by atoms with E-state index >= 15 is 0 Å². The summed E-state index contributed by atoms with van der Waals surface area (Å²) in [6, 6.07) is 12.7. The fourth-order valence-corrected chi connectivity index (χ4v) is 1.44. The number of rotatable bonds is 2. The van der Waals surface area contributed by atoms with Crippen molar-refractivity contribution in [2.45, 2.75) is 41.5 Å². The first-order chi connectivity index (χ1) is 11.1. The summed E-state index contributed by atoms with van der Waals surface area (Å²) in [5.41, 5.74) is 2.26. The lowest BCUT2D eigenvalue weighted by atomic mass is 10.2. The molecule has 2 rings (SSSR count). The standard InChI is InChI=1S/C8H9FO.C8H10O.2C2H6/c1-6-3-4-7(9)8(5-6)10-2;1-7-3-5-8(9-2)6-4-7;2*1-2/h3-5H,1-2H3;3-6H,1-2H3;2*1-2H3. The predicted octanol–water partition coefficient (Wildman–Crippen LogP) is 6.20. The molecule has 0 fully saturated rings. The highest BCUT2D eigenvalue weighted by atomic mass is 19.1. The zero-order valence-electron chi connectivity index (χ0n) is 15.7. The quantitative estimate of drug-likeness (QED) is 0.655. The van der Waals surface area contributed by atoms with E-state index in [4.69, 9.17) is 9.47 Å². The van der Waals surface area contributed by atoms with Gasteiger partial charge in [0.1, 0.15) is 5.75 Å². The maximum absolute atomic E-state index is 12.6. The lowest BCUT2D eigenvalue weighted by Gasteiger charge is -2.00. The van der Waals surface area contributed by atoms with Gasteiger partial charge in [-0.3, -0.25) is 0 Å². The molecule has 130 valence electrons. The first-order valence-electron chi connectivity index (χ1n) is 7.97. The Labute approximate surface area is 141 Å². The molecule has 23 heavy (non-hydrogen) atoms. The van der Waals surface area contributed by atoms with Crippen LogP contribution in [0.2, 0.25) is 0 Å². The Morgan fingerprint density at radius 3 is 1.57 bits per heavy atom. The minimum atomic E-state index is -0.312. The minimum absolute atomic E-state index is 0.306. The van der Waals surface area contributed by atoms with E-state index in [1.165, 1.54) is 18.7 Å². The minimum Gasteiger partial charge on any atom is -0.497 e. The molecular weight excluding hydrogens is 291 g/mol. The van der Waals surface area contributed by atoms with Gasteiger partial charge in [0.2, 0.25) is 0 Å². The molecule has 0 saturated carbocycles. The molecule has 0 saturated heterocycles. The fraction of sp³-hybridized carbons (Fsp3) is 0.400. The van der Waals surface area contributed by atoms with Gasteiger partial charge in [0, 0.05) is 0 Å². The van der Waals surface area contributed by atoms with Gasteiger partial charge in [-0.05, 0) is 43.7 Å². The highest BCUT2D eigenvalue weighted by Crippen LogP contribution is 2.16. The van der Waals surface area contributed by atoms with Crippen molar-refractivity contribution in [2.24, 2.45) is 0 Å². The Morgan fingerprint density at radius 2 is 1.17 bits per heavy atom. The van der Waals surface area contributed by atoms with Crippen molar-refractivity contribution >= 4 is 0 Å². The molecule has 0 amide bonds. The van der Waals surface area contributed by atoms with Crippen LogP contribution in [-0.4, -0.2) is 14.2 Å². The predicted molar refractivity (Wildman–Crippen MR) is 98.1 cm³/mol. The van der Waals surface area contributed by atoms with Gasteiger partial charge in [-0.25, -0.2) is 4.39 Å². The third-order valence-corrected chi connectivity index (χ3v) is 2.56. The van der Waals surface area contributed by atoms with E-state index in [0.717, 1.165) is 11.3 Å². The maximum Gasteiger partial charge on any atom is 0.165 e. The van der Waals surface area contributed by atoms with Crippen LogP contribution in [0.1, 0.15) is 38.8 Å². The zero-order chi connectivity index (χ0) is 18.3. The summed E-state index contributed by atoms with van der Waals surface area (Å²) in [5, 5.41) is 0. The van der Waals surface area contributed by atoms with Crippen LogP contribution in [0.25, 0.3) is 0 Å². The average Bonchev–Trinajstić information content (AvgIpc) is 2.62. The average molecular weight is 322 g/mol. The van der Waals surface area contributed by atoms with Crippen molar-refractivity contribution in [1.29, 1.82) is 0 Å². The Balaban J connectivity index is 0. The molecule has 0 spiro atoms. The molecule has 0 bridgehead atoms. The lowest BCUT2D eigenvalue weighted by Crippen LogP contribution is -1.87. The Morgan fingerprint density at radius 1 is 0.696 bits per heavy atom. The third kappa shape index (κ3) is 10.3. The molecule has 0 aromatic heterocycles. The molecule has 0 unspecified atom stereocenters. The Bertz CT molecular complexity index is 508. The summed E-state index contributed by atoms with van der Waals surface area (Å²) >= 11 is 0. The van der Waals surface area contributed by atoms with Crippen molar-refractivity contribution < 1.29 is 13.9 Å². The smallest absolute Gasteiger partial charge is 0.165 e. The van der Waals surface area contributed by atoms with E-state index in [1.807, 2.05) is 58.9 Å². The summed E-state index contributed by atoms with van der Waals surface area (Å²) < 4.78 is 22.4. The molecular formula is C20H31FO2. The van der Waals surface area contributed by atoms with E-state index in [9.17, 15) is 4.39 Å². The first kappa shape index (κ1) is 23.2. The SMILES string of the molecule is CC.CC.COc1cc(C)ccc1F.COc1ccc(C)cc1. The van der Waals surface area contributed by atoms with Gasteiger partial charge in [-0.2, -0.15) is 0 Å². The second-order valence-electron chi connectivity index (χ2n) is 4.16. The van der Waals surface area contributed by atoms with E-state index in [0.29, 0.717) is 5.75 Å². The van der Waals surface area contributed by atoms with Gasteiger partial charge in [0.05, 0.1) is 14.2 Å². The summed E-state index contributed by atoms with van der Waals surface area (Å²) in [5.74, 6) is 0.911. The third-order valence-electron chi connectivity index (χ3n) is 2.56. The molecule has 0 aliphatic heterocycles. The van der Waals surface area contributed by atoms with E-state index in [2.05, 4.69) is 6.92 Å². The van der Waals surface area contributed by atoms with Crippen LogP contribution in [0.15, 0.2) is 42.5 Å². The molecule has 0 radical (unpaired) electrons. The fourth-order valence-electron chi connectivity index (χ4n) is 1.44. The van der Waals surface area contributed by atoms with E-state index in [-0.39, 0.29) is 5.82 Å². The molecule has 0 N–H and O–H groups in total. The molecule has 0 heterocycles. The molecule has 0 aliphatic carbocycles. The second kappa shape index (κ2) is 14.9. The Hall–Kier alpha value is -2.03. The topological polar surface area (TPSA) is 18.5 Å². The van der Waals surface area contributed by atoms with Crippen LogP contribution in [0.3, 0.4) is 0 Å². The largest absolute Gasteiger partial charge is 0.497 e. The van der Waals surface area contributed by atoms with Crippen LogP contribution in [0.4, 0.5) is 4.39 Å². The van der Waals surface area contributed by atoms with Gasteiger partial charge in [-0.15, -0.1) is 0 Å². The van der Waals surface area contributed by atoms with Gasteiger partial charge in [0.15, 0.2) is 11.6 Å². The first-order valence-corrected chi connectivity index (χ1v) is 7.97. The highest BCUT2D eigenvalue weighted by molar-refractivity contribution is 5.29. The normalized spacial score (nSPS) is 8.22. The van der Waals surface area contributed by atoms with Gasteiger partial charge >= 0.3 is 0 Å². The van der Waals surface area contributed by atoms with Crippen LogP contribution in [0, 0.1) is 19.7 Å². The van der Waals surface area contributed by atoms with E-state index in [1.54, 1.807) is 19.2 Å². The monoisotopic (exact) mass is 322 g/mol. The number of benzene rings is 2. The molecule has 0 aliphatic rings. The molecule has 2 aromatic carbocycles. The van der Waals surface area contributed by atoms with E-state index < -0.39 is 0 Å². The molecule has 2 nitrogen and oxygen atoms in total. The Kier molecular flexibility index (Phi) is 15.0. The van der Waals surface area contributed by atoms with Crippen LogP contribution in [-0.2, 0) is 0 Å². The van der Waals surface area contributed by atoms with Gasteiger partial charge < -0.3 is 9.47 Å². The summed E-state index contributed by atoms with van der Waals surface area (Å²) in [6.45, 7) is 11.9. The summed E-state index contributed by atoms with van der Waals surface area (Å²) in [4.78, 5) is 0. The number of methoxy groups -OCH3 is 2. The number of hydrogen-bond donors (Lipinski definition) is 0. The van der Waals surface area contributed by atoms with Crippen LogP contribution < -0.4 is 9.47 Å². The number of hydrogen-bond acceptors (Lipinski definition) is 2. The van der Waals surface area contributed by atoms with Crippen molar-refractivity contribution in [3.63, 3.8) is 0 Å². The summed E-state index contributed by atoms with van der Waals surface area (Å²) in [6.07, 6.45) is 0. The van der Waals surface area contributed by atoms with Gasteiger partial charge in [0.25, 0.3) is 0 Å². The van der Waals surface area contributed by atoms with Crippen molar-refractivity contribution in [3.8, 4) is 11.5 Å². The molecule has 2 aromatic rings. The lowest BCUT2D eigenvalue weighted by molar-refractivity contribution is 0.386. The maximum atomic E-state index is 12.6. The number of aryl methyl sites for hydroxylation is 2. The van der Waals surface area contributed by atoms with Crippen molar-refractivity contribution in [2.75, 3.05) is 14.2 Å². The van der Waals surface area contributed by atoms with Crippen molar-refractivity contribution in [3.05, 3.63) is 59.4 Å². The van der Waals surface area contributed by atoms with Crippen molar-refractivity contribution in [1.82, 2.24) is 0 Å². The zero-order valence-corrected chi connectivity index (χ0v) is 15.7. The van der Waals surface area contributed by atoms with Crippen LogP contribution >= 0.6 is 0 Å².